The molecule has 0 unspecified atom stereocenters. The fourth-order valence-corrected chi connectivity index (χ4v) is 3.05. The van der Waals surface area contributed by atoms with Crippen molar-refractivity contribution in [1.29, 1.82) is 0 Å². The van der Waals surface area contributed by atoms with Crippen molar-refractivity contribution < 1.29 is 4.74 Å². The van der Waals surface area contributed by atoms with Gasteiger partial charge in [-0.1, -0.05) is 0 Å². The smallest absolute Gasteiger partial charge is 0.267 e. The normalized spacial score (nSPS) is 10.8. The Morgan fingerprint density at radius 1 is 1.45 bits per heavy atom. The first-order chi connectivity index (χ1) is 9.70. The second kappa shape index (κ2) is 5.18. The third-order valence-electron chi connectivity index (χ3n) is 2.79. The van der Waals surface area contributed by atoms with Crippen molar-refractivity contribution in [2.24, 2.45) is 0 Å². The fraction of sp³-hybridized carbons (Fsp3) is 0.154. The minimum atomic E-state index is -0.143. The number of aromatic nitrogens is 3. The van der Waals surface area contributed by atoms with Crippen LogP contribution in [0.3, 0.4) is 0 Å². The van der Waals surface area contributed by atoms with E-state index in [4.69, 9.17) is 17.0 Å². The van der Waals surface area contributed by atoms with Crippen LogP contribution in [0.5, 0.6) is 5.88 Å². The number of rotatable bonds is 3. The zero-order valence-corrected chi connectivity index (χ0v) is 12.3. The number of nitrogens with zero attached hydrogens (tertiary/aromatic N) is 2. The molecule has 3 aromatic rings. The Bertz CT molecular complexity index is 862. The quantitative estimate of drug-likeness (QED) is 0.756. The van der Waals surface area contributed by atoms with Crippen molar-refractivity contribution in [2.45, 2.75) is 6.92 Å². The Morgan fingerprint density at radius 2 is 2.30 bits per heavy atom. The lowest BCUT2D eigenvalue weighted by molar-refractivity contribution is 0.327. The highest BCUT2D eigenvalue weighted by Crippen LogP contribution is 2.16. The molecule has 20 heavy (non-hydrogen) atoms. The van der Waals surface area contributed by atoms with Crippen molar-refractivity contribution >= 4 is 33.8 Å². The fourth-order valence-electron chi connectivity index (χ4n) is 1.91. The highest BCUT2D eigenvalue weighted by Gasteiger charge is 2.08. The van der Waals surface area contributed by atoms with E-state index in [9.17, 15) is 4.79 Å². The van der Waals surface area contributed by atoms with Crippen LogP contribution in [0, 0.1) is 4.77 Å². The van der Waals surface area contributed by atoms with E-state index in [0.717, 1.165) is 4.83 Å². The summed E-state index contributed by atoms with van der Waals surface area (Å²) in [4.78, 5) is 20.4. The van der Waals surface area contributed by atoms with Gasteiger partial charge in [0.1, 0.15) is 4.83 Å². The largest absolute Gasteiger partial charge is 0.478 e. The summed E-state index contributed by atoms with van der Waals surface area (Å²) in [6, 6.07) is 5.27. The average molecular weight is 305 g/mol. The van der Waals surface area contributed by atoms with Crippen molar-refractivity contribution in [1.82, 2.24) is 14.5 Å². The van der Waals surface area contributed by atoms with E-state index in [0.29, 0.717) is 28.3 Å². The first-order valence-electron chi connectivity index (χ1n) is 6.02. The number of aromatic amines is 1. The number of pyridine rings is 1. The van der Waals surface area contributed by atoms with Gasteiger partial charge in [0.15, 0.2) is 4.77 Å². The number of ether oxygens (including phenoxy) is 1. The Hall–Kier alpha value is -1.99. The molecular formula is C13H11N3O2S2. The van der Waals surface area contributed by atoms with E-state index >= 15 is 0 Å². The Labute approximate surface area is 123 Å². The van der Waals surface area contributed by atoms with Gasteiger partial charge in [-0.2, -0.15) is 0 Å². The topological polar surface area (TPSA) is 59.9 Å². The van der Waals surface area contributed by atoms with Crippen LogP contribution in [0.1, 0.15) is 6.92 Å². The van der Waals surface area contributed by atoms with Gasteiger partial charge in [0.2, 0.25) is 5.88 Å². The lowest BCUT2D eigenvalue weighted by atomic mass is 10.3. The third-order valence-corrected chi connectivity index (χ3v) is 3.91. The molecule has 0 atom stereocenters. The molecule has 3 rings (SSSR count). The Morgan fingerprint density at radius 3 is 3.00 bits per heavy atom. The zero-order chi connectivity index (χ0) is 14.1. The monoisotopic (exact) mass is 305 g/mol. The summed E-state index contributed by atoms with van der Waals surface area (Å²) in [5.41, 5.74) is 0.476. The molecule has 0 amide bonds. The standard InChI is InChI=1S/C13H11N3O2S2/c1-2-18-10-4-3-8(7-14-10)16-12(17)9-5-6-20-11(9)15-13(16)19/h3-7H,2H2,1H3,(H,15,19). The number of H-pyrrole nitrogens is 1. The van der Waals surface area contributed by atoms with Crippen molar-refractivity contribution in [3.8, 4) is 11.6 Å². The first kappa shape index (κ1) is 13.0. The molecule has 0 saturated carbocycles. The number of fused-ring (bicyclic) bond motifs is 1. The Kier molecular flexibility index (Phi) is 3.37. The summed E-state index contributed by atoms with van der Waals surface area (Å²) in [6.45, 7) is 2.44. The zero-order valence-electron chi connectivity index (χ0n) is 10.6. The van der Waals surface area contributed by atoms with E-state index in [1.165, 1.54) is 15.9 Å². The first-order valence-corrected chi connectivity index (χ1v) is 7.31. The maximum Gasteiger partial charge on any atom is 0.267 e. The van der Waals surface area contributed by atoms with Gasteiger partial charge in [-0.3, -0.25) is 9.36 Å². The number of thiophene rings is 1. The second-order valence-electron chi connectivity index (χ2n) is 4.02. The van der Waals surface area contributed by atoms with Crippen LogP contribution < -0.4 is 10.3 Å². The molecular weight excluding hydrogens is 294 g/mol. The lowest BCUT2D eigenvalue weighted by Crippen LogP contribution is -2.19. The number of nitrogens with one attached hydrogen (secondary N) is 1. The van der Waals surface area contributed by atoms with E-state index in [-0.39, 0.29) is 5.56 Å². The van der Waals surface area contributed by atoms with Crippen LogP contribution in [0.25, 0.3) is 15.9 Å². The molecule has 3 heterocycles. The predicted octanol–water partition coefficient (Wildman–Crippen LogP) is 2.90. The van der Waals surface area contributed by atoms with Crippen molar-refractivity contribution in [2.75, 3.05) is 6.61 Å². The SMILES string of the molecule is CCOc1ccc(-n2c(=S)[nH]c3sccc3c2=O)cn1. The van der Waals surface area contributed by atoms with E-state index in [2.05, 4.69) is 9.97 Å². The minimum Gasteiger partial charge on any atom is -0.478 e. The maximum atomic E-state index is 12.4. The summed E-state index contributed by atoms with van der Waals surface area (Å²) < 4.78 is 7.08. The maximum absolute atomic E-state index is 12.4. The van der Waals surface area contributed by atoms with Gasteiger partial charge >= 0.3 is 0 Å². The van der Waals surface area contributed by atoms with Gasteiger partial charge in [-0.05, 0) is 36.7 Å². The van der Waals surface area contributed by atoms with Gasteiger partial charge in [-0.15, -0.1) is 11.3 Å². The molecule has 3 aromatic heterocycles. The Balaban J connectivity index is 2.18. The molecule has 1 N–H and O–H groups in total. The summed E-state index contributed by atoms with van der Waals surface area (Å²) in [6.07, 6.45) is 1.58. The molecule has 0 radical (unpaired) electrons. The van der Waals surface area contributed by atoms with Gasteiger partial charge in [-0.25, -0.2) is 4.98 Å². The average Bonchev–Trinajstić information content (AvgIpc) is 2.89. The van der Waals surface area contributed by atoms with Crippen molar-refractivity contribution in [3.63, 3.8) is 0 Å². The molecule has 102 valence electrons. The van der Waals surface area contributed by atoms with Crippen LogP contribution >= 0.6 is 23.6 Å². The molecule has 7 heteroatoms. The summed E-state index contributed by atoms with van der Waals surface area (Å²) in [5.74, 6) is 0.524. The summed E-state index contributed by atoms with van der Waals surface area (Å²) in [7, 11) is 0. The van der Waals surface area contributed by atoms with Crippen LogP contribution in [-0.2, 0) is 0 Å². The lowest BCUT2D eigenvalue weighted by Gasteiger charge is -2.07. The summed E-state index contributed by atoms with van der Waals surface area (Å²) in [5, 5.41) is 2.48. The molecule has 0 fully saturated rings. The predicted molar refractivity (Wildman–Crippen MR) is 81.6 cm³/mol. The van der Waals surface area contributed by atoms with Gasteiger partial charge in [0.05, 0.1) is 23.9 Å². The van der Waals surface area contributed by atoms with Crippen LogP contribution in [-0.4, -0.2) is 21.1 Å². The number of hydrogen-bond donors (Lipinski definition) is 1. The molecule has 0 aliphatic rings. The van der Waals surface area contributed by atoms with E-state index in [1.54, 1.807) is 24.4 Å². The van der Waals surface area contributed by atoms with Crippen LogP contribution in [0.4, 0.5) is 0 Å². The third kappa shape index (κ3) is 2.14. The molecule has 0 aliphatic carbocycles. The highest BCUT2D eigenvalue weighted by atomic mass is 32.1. The van der Waals surface area contributed by atoms with Crippen molar-refractivity contribution in [3.05, 3.63) is 44.9 Å². The highest BCUT2D eigenvalue weighted by molar-refractivity contribution is 7.71. The second-order valence-corrected chi connectivity index (χ2v) is 5.32. The molecule has 0 aliphatic heterocycles. The van der Waals surface area contributed by atoms with E-state index in [1.807, 2.05) is 12.3 Å². The minimum absolute atomic E-state index is 0.143. The van der Waals surface area contributed by atoms with Crippen LogP contribution in [0.2, 0.25) is 0 Å². The van der Waals surface area contributed by atoms with Crippen LogP contribution in [0.15, 0.2) is 34.6 Å². The van der Waals surface area contributed by atoms with Gasteiger partial charge in [0, 0.05) is 6.07 Å². The molecule has 0 saturated heterocycles. The summed E-state index contributed by atoms with van der Waals surface area (Å²) >= 11 is 6.71. The molecule has 5 nitrogen and oxygen atoms in total. The van der Waals surface area contributed by atoms with Gasteiger partial charge < -0.3 is 9.72 Å². The van der Waals surface area contributed by atoms with Gasteiger partial charge in [0.25, 0.3) is 5.56 Å². The van der Waals surface area contributed by atoms with E-state index < -0.39 is 0 Å². The number of hydrogen-bond acceptors (Lipinski definition) is 5. The molecule has 0 spiro atoms. The molecule has 0 bridgehead atoms. The molecule has 0 aromatic carbocycles.